The van der Waals surface area contributed by atoms with Crippen LogP contribution in [0.15, 0.2) is 48.5 Å². The smallest absolute Gasteiger partial charge is 0.257 e. The number of nitrogens with two attached hydrogens (primary N) is 1. The second-order valence-corrected chi connectivity index (χ2v) is 9.51. The third kappa shape index (κ3) is 4.56. The van der Waals surface area contributed by atoms with Crippen molar-refractivity contribution in [2.75, 3.05) is 42.6 Å². The van der Waals surface area contributed by atoms with Gasteiger partial charge in [0.25, 0.3) is 5.91 Å². The zero-order valence-corrected chi connectivity index (χ0v) is 18.9. The monoisotopic (exact) mass is 449 g/mol. The highest BCUT2D eigenvalue weighted by Gasteiger charge is 2.25. The molecule has 1 saturated heterocycles. The van der Waals surface area contributed by atoms with E-state index in [-0.39, 0.29) is 12.0 Å². The van der Waals surface area contributed by atoms with E-state index in [1.807, 2.05) is 42.5 Å². The van der Waals surface area contributed by atoms with Crippen molar-refractivity contribution < 1.29 is 9.53 Å². The highest BCUT2D eigenvalue weighted by Crippen LogP contribution is 2.29. The Bertz CT molecular complexity index is 1110. The number of rotatable bonds is 5. The third-order valence-corrected chi connectivity index (χ3v) is 6.94. The largest absolute Gasteiger partial charge is 0.488 e. The molecule has 166 valence electrons. The summed E-state index contributed by atoms with van der Waals surface area (Å²) < 4.78 is 6.20. The molecule has 0 unspecified atom stereocenters. The molecule has 1 atom stereocenters. The van der Waals surface area contributed by atoms with Crippen LogP contribution in [0.2, 0.25) is 0 Å². The average molecular weight is 450 g/mol. The number of amides is 1. The number of fused-ring (bicyclic) bond motifs is 1. The van der Waals surface area contributed by atoms with Crippen molar-refractivity contribution in [3.05, 3.63) is 64.7 Å². The van der Waals surface area contributed by atoms with Crippen molar-refractivity contribution in [3.8, 4) is 5.75 Å². The summed E-state index contributed by atoms with van der Waals surface area (Å²) in [5.41, 5.74) is 9.38. The van der Waals surface area contributed by atoms with E-state index in [9.17, 15) is 4.79 Å². The number of nitrogens with zero attached hydrogens (tertiary/aromatic N) is 3. The highest BCUT2D eigenvalue weighted by molar-refractivity contribution is 7.15. The van der Waals surface area contributed by atoms with Gasteiger partial charge in [0.05, 0.1) is 12.2 Å². The van der Waals surface area contributed by atoms with Gasteiger partial charge in [-0.15, -0.1) is 11.3 Å². The van der Waals surface area contributed by atoms with Gasteiger partial charge in [-0.1, -0.05) is 6.07 Å². The zero-order valence-electron chi connectivity index (χ0n) is 18.1. The van der Waals surface area contributed by atoms with Crippen molar-refractivity contribution >= 4 is 33.8 Å². The molecule has 0 radical (unpaired) electrons. The number of likely N-dealkylation sites (N-methyl/N-ethyl adjacent to an activating group) is 1. The maximum Gasteiger partial charge on any atom is 0.257 e. The molecule has 3 aromatic rings. The van der Waals surface area contributed by atoms with E-state index in [4.69, 9.17) is 10.5 Å². The molecule has 0 saturated carbocycles. The van der Waals surface area contributed by atoms with Crippen molar-refractivity contribution in [3.63, 3.8) is 0 Å². The maximum absolute atomic E-state index is 12.8. The van der Waals surface area contributed by atoms with E-state index in [1.165, 1.54) is 4.88 Å². The SMILES string of the molecule is CN1CCc2nc(NC(=O)c3cccc(O[C@@H]4CCN(c5ccc(N)cc5)C4)c3)sc2C1. The first-order chi connectivity index (χ1) is 15.5. The molecule has 1 amide bonds. The summed E-state index contributed by atoms with van der Waals surface area (Å²) >= 11 is 1.56. The Morgan fingerprint density at radius 2 is 2.06 bits per heavy atom. The quantitative estimate of drug-likeness (QED) is 0.579. The number of hydrogen-bond donors (Lipinski definition) is 2. The van der Waals surface area contributed by atoms with Crippen LogP contribution < -0.4 is 20.7 Å². The van der Waals surface area contributed by atoms with Crippen LogP contribution in [0.25, 0.3) is 0 Å². The van der Waals surface area contributed by atoms with Gasteiger partial charge in [0, 0.05) is 54.3 Å². The van der Waals surface area contributed by atoms with Crippen LogP contribution >= 0.6 is 11.3 Å². The molecule has 7 nitrogen and oxygen atoms in total. The van der Waals surface area contributed by atoms with Crippen LogP contribution in [0.5, 0.6) is 5.75 Å². The van der Waals surface area contributed by atoms with Gasteiger partial charge >= 0.3 is 0 Å². The molecule has 0 bridgehead atoms. The Kier molecular flexibility index (Phi) is 5.71. The molecule has 1 aromatic heterocycles. The second-order valence-electron chi connectivity index (χ2n) is 8.42. The predicted octanol–water partition coefficient (Wildman–Crippen LogP) is 3.62. The number of ether oxygens (including phenoxy) is 1. The molecule has 3 heterocycles. The van der Waals surface area contributed by atoms with E-state index in [1.54, 1.807) is 17.4 Å². The molecule has 2 aliphatic heterocycles. The van der Waals surface area contributed by atoms with Crippen LogP contribution in [0.4, 0.5) is 16.5 Å². The zero-order chi connectivity index (χ0) is 22.1. The van der Waals surface area contributed by atoms with Crippen LogP contribution in [0, 0.1) is 0 Å². The molecule has 0 spiro atoms. The fourth-order valence-corrected chi connectivity index (χ4v) is 5.28. The summed E-state index contributed by atoms with van der Waals surface area (Å²) in [7, 11) is 2.10. The normalized spacial score (nSPS) is 18.4. The number of aromatic nitrogens is 1. The molecular formula is C24H27N5O2S. The summed E-state index contributed by atoms with van der Waals surface area (Å²) in [6, 6.07) is 15.3. The van der Waals surface area contributed by atoms with Crippen molar-refractivity contribution in [2.24, 2.45) is 0 Å². The molecule has 0 aliphatic carbocycles. The minimum Gasteiger partial charge on any atom is -0.488 e. The van der Waals surface area contributed by atoms with Crippen LogP contribution in [0.1, 0.15) is 27.3 Å². The average Bonchev–Trinajstić information content (AvgIpc) is 3.40. The lowest BCUT2D eigenvalue weighted by molar-refractivity contribution is 0.102. The standard InChI is InChI=1S/C24H27N5O2S/c1-28-11-10-21-22(15-28)32-24(26-21)27-23(30)16-3-2-4-19(13-16)31-20-9-12-29(14-20)18-7-5-17(25)6-8-18/h2-8,13,20H,9-12,14-15,25H2,1H3,(H,26,27,30)/t20-/m1/s1. The van der Waals surface area contributed by atoms with Gasteiger partial charge < -0.3 is 20.3 Å². The van der Waals surface area contributed by atoms with Gasteiger partial charge in [-0.25, -0.2) is 4.98 Å². The Balaban J connectivity index is 1.21. The fraction of sp³-hybridized carbons (Fsp3) is 0.333. The lowest BCUT2D eigenvalue weighted by Crippen LogP contribution is -2.25. The van der Waals surface area contributed by atoms with E-state index in [0.29, 0.717) is 16.4 Å². The molecule has 2 aromatic carbocycles. The van der Waals surface area contributed by atoms with Gasteiger partial charge in [0.2, 0.25) is 0 Å². The van der Waals surface area contributed by atoms with Crippen molar-refractivity contribution in [1.29, 1.82) is 0 Å². The highest BCUT2D eigenvalue weighted by atomic mass is 32.1. The van der Waals surface area contributed by atoms with Crippen LogP contribution in [-0.4, -0.2) is 48.6 Å². The van der Waals surface area contributed by atoms with E-state index < -0.39 is 0 Å². The van der Waals surface area contributed by atoms with Gasteiger partial charge in [-0.2, -0.15) is 0 Å². The van der Waals surface area contributed by atoms with Crippen molar-refractivity contribution in [1.82, 2.24) is 9.88 Å². The number of carbonyl (C=O) groups is 1. The molecule has 2 aliphatic rings. The molecular weight excluding hydrogens is 422 g/mol. The molecule has 5 rings (SSSR count). The maximum atomic E-state index is 12.8. The summed E-state index contributed by atoms with van der Waals surface area (Å²) in [6.45, 7) is 3.62. The summed E-state index contributed by atoms with van der Waals surface area (Å²) in [6.07, 6.45) is 1.93. The number of anilines is 3. The van der Waals surface area contributed by atoms with Gasteiger partial charge in [0.15, 0.2) is 5.13 Å². The van der Waals surface area contributed by atoms with Crippen molar-refractivity contribution in [2.45, 2.75) is 25.5 Å². The number of nitrogens with one attached hydrogen (secondary N) is 1. The number of thiazole rings is 1. The van der Waals surface area contributed by atoms with Crippen LogP contribution in [-0.2, 0) is 13.0 Å². The molecule has 32 heavy (non-hydrogen) atoms. The lowest BCUT2D eigenvalue weighted by Gasteiger charge is -2.20. The number of carbonyl (C=O) groups excluding carboxylic acids is 1. The minimum absolute atomic E-state index is 0.0774. The number of hydrogen-bond acceptors (Lipinski definition) is 7. The fourth-order valence-electron chi connectivity index (χ4n) is 4.19. The first kappa shape index (κ1) is 20.8. The van der Waals surface area contributed by atoms with E-state index in [0.717, 1.165) is 56.1 Å². The first-order valence-electron chi connectivity index (χ1n) is 10.9. The lowest BCUT2D eigenvalue weighted by atomic mass is 10.2. The molecule has 1 fully saturated rings. The van der Waals surface area contributed by atoms with Gasteiger partial charge in [-0.05, 0) is 49.5 Å². The first-order valence-corrected chi connectivity index (χ1v) is 11.7. The Morgan fingerprint density at radius 3 is 2.91 bits per heavy atom. The van der Waals surface area contributed by atoms with Crippen LogP contribution in [0.3, 0.4) is 0 Å². The Morgan fingerprint density at radius 1 is 1.22 bits per heavy atom. The second kappa shape index (κ2) is 8.80. The predicted molar refractivity (Wildman–Crippen MR) is 129 cm³/mol. The van der Waals surface area contributed by atoms with E-state index >= 15 is 0 Å². The Labute approximate surface area is 191 Å². The third-order valence-electron chi connectivity index (χ3n) is 5.94. The Hall–Kier alpha value is -3.10. The topological polar surface area (TPSA) is 83.7 Å². The number of nitrogen functional groups attached to an aromatic ring is 1. The minimum atomic E-state index is -0.162. The number of benzene rings is 2. The van der Waals surface area contributed by atoms with Gasteiger partial charge in [0.1, 0.15) is 11.9 Å². The summed E-state index contributed by atoms with van der Waals surface area (Å²) in [5.74, 6) is 0.548. The van der Waals surface area contributed by atoms with E-state index in [2.05, 4.69) is 27.1 Å². The summed E-state index contributed by atoms with van der Waals surface area (Å²) in [5, 5.41) is 3.62. The summed E-state index contributed by atoms with van der Waals surface area (Å²) in [4.78, 5) is 23.2. The molecule has 3 N–H and O–H groups in total. The van der Waals surface area contributed by atoms with Gasteiger partial charge in [-0.3, -0.25) is 10.1 Å². The molecule has 8 heteroatoms.